The van der Waals surface area contributed by atoms with E-state index in [-0.39, 0.29) is 59.8 Å². The quantitative estimate of drug-likeness (QED) is 0.616. The molecule has 0 saturated carbocycles. The van der Waals surface area contributed by atoms with Crippen LogP contribution in [0.3, 0.4) is 0 Å². The van der Waals surface area contributed by atoms with Crippen LogP contribution in [0.25, 0.3) is 0 Å². The second-order valence-electron chi connectivity index (χ2n) is 6.98. The number of ether oxygens (including phenoxy) is 3. The number of carbonyl (C=O) groups excluding carboxylic acids is 1. The Morgan fingerprint density at radius 2 is 1.81 bits per heavy atom. The molecular formula is C19H21N3O8S2. The third-order valence-electron chi connectivity index (χ3n) is 4.90. The van der Waals surface area contributed by atoms with Gasteiger partial charge in [0.2, 0.25) is 10.0 Å². The molecule has 1 amide bonds. The number of carbonyl (C=O) groups is 1. The van der Waals surface area contributed by atoms with Crippen molar-refractivity contribution in [3.05, 3.63) is 36.4 Å². The summed E-state index contributed by atoms with van der Waals surface area (Å²) in [4.78, 5) is 11.2. The number of amides is 1. The maximum atomic E-state index is 13.1. The molecule has 0 aliphatic carbocycles. The molecule has 2 heterocycles. The number of hydrogen-bond donors (Lipinski definition) is 2. The number of hydrogen-bond acceptors (Lipinski definition) is 8. The number of sulfonamides is 2. The Morgan fingerprint density at radius 1 is 1.06 bits per heavy atom. The molecule has 1 saturated heterocycles. The summed E-state index contributed by atoms with van der Waals surface area (Å²) in [6, 6.07) is 8.03. The van der Waals surface area contributed by atoms with Crippen molar-refractivity contribution in [1.82, 2.24) is 4.31 Å². The van der Waals surface area contributed by atoms with E-state index in [0.29, 0.717) is 5.75 Å². The van der Waals surface area contributed by atoms with Crippen molar-refractivity contribution in [2.45, 2.75) is 9.79 Å². The lowest BCUT2D eigenvalue weighted by atomic mass is 10.2. The molecule has 4 rings (SSSR count). The predicted octanol–water partition coefficient (Wildman–Crippen LogP) is 0.848. The Labute approximate surface area is 185 Å². The average Bonchev–Trinajstić information content (AvgIpc) is 2.79. The second-order valence-corrected chi connectivity index (χ2v) is 10.6. The van der Waals surface area contributed by atoms with E-state index in [1.54, 1.807) is 0 Å². The standard InChI is InChI=1S/C19H21N3O8S2/c1-28-17-4-2-13(10-18(17)32(26,27)22-6-8-29-9-7-22)21-31(24,25)14-3-5-16-15(11-14)20-19(23)12-30-16/h2-5,10-11,21H,6-9,12H2,1H3,(H,20,23). The van der Waals surface area contributed by atoms with E-state index in [1.807, 2.05) is 0 Å². The second kappa shape index (κ2) is 8.58. The molecule has 2 aromatic carbocycles. The van der Waals surface area contributed by atoms with Crippen LogP contribution >= 0.6 is 0 Å². The summed E-state index contributed by atoms with van der Waals surface area (Å²) in [6.07, 6.45) is 0. The van der Waals surface area contributed by atoms with E-state index in [9.17, 15) is 21.6 Å². The molecule has 0 spiro atoms. The number of fused-ring (bicyclic) bond motifs is 1. The molecule has 172 valence electrons. The van der Waals surface area contributed by atoms with E-state index in [0.717, 1.165) is 0 Å². The number of methoxy groups -OCH3 is 1. The van der Waals surface area contributed by atoms with Crippen LogP contribution in [0.15, 0.2) is 46.2 Å². The van der Waals surface area contributed by atoms with Crippen LogP contribution in [-0.4, -0.2) is 67.1 Å². The summed E-state index contributed by atoms with van der Waals surface area (Å²) in [5, 5.41) is 2.55. The molecule has 0 unspecified atom stereocenters. The van der Waals surface area contributed by atoms with Gasteiger partial charge in [-0.05, 0) is 36.4 Å². The van der Waals surface area contributed by atoms with Crippen LogP contribution in [-0.2, 0) is 29.6 Å². The first kappa shape index (κ1) is 22.3. The number of rotatable bonds is 6. The highest BCUT2D eigenvalue weighted by Crippen LogP contribution is 2.33. The van der Waals surface area contributed by atoms with Gasteiger partial charge in [-0.1, -0.05) is 0 Å². The molecule has 2 aliphatic rings. The highest BCUT2D eigenvalue weighted by molar-refractivity contribution is 7.92. The van der Waals surface area contributed by atoms with Crippen molar-refractivity contribution in [3.8, 4) is 11.5 Å². The molecule has 0 radical (unpaired) electrons. The molecule has 13 heteroatoms. The summed E-state index contributed by atoms with van der Waals surface area (Å²) in [5.41, 5.74) is 0.269. The van der Waals surface area contributed by atoms with Crippen LogP contribution in [0, 0.1) is 0 Å². The Morgan fingerprint density at radius 3 is 2.53 bits per heavy atom. The Kier molecular flexibility index (Phi) is 5.99. The van der Waals surface area contributed by atoms with Gasteiger partial charge in [0.15, 0.2) is 6.61 Å². The zero-order chi connectivity index (χ0) is 22.9. The summed E-state index contributed by atoms with van der Waals surface area (Å²) in [7, 11) is -6.70. The highest BCUT2D eigenvalue weighted by atomic mass is 32.2. The Bertz CT molecular complexity index is 1260. The number of nitrogens with one attached hydrogen (secondary N) is 2. The molecule has 2 N–H and O–H groups in total. The van der Waals surface area contributed by atoms with Gasteiger partial charge in [-0.2, -0.15) is 4.31 Å². The van der Waals surface area contributed by atoms with Crippen LogP contribution < -0.4 is 19.5 Å². The fraction of sp³-hybridized carbons (Fsp3) is 0.316. The maximum absolute atomic E-state index is 13.1. The summed E-state index contributed by atoms with van der Waals surface area (Å²) in [5.74, 6) is 0.0492. The third kappa shape index (κ3) is 4.37. The van der Waals surface area contributed by atoms with Gasteiger partial charge in [-0.25, -0.2) is 16.8 Å². The number of anilines is 2. The average molecular weight is 484 g/mol. The molecule has 2 aromatic rings. The van der Waals surface area contributed by atoms with Gasteiger partial charge < -0.3 is 19.5 Å². The van der Waals surface area contributed by atoms with Gasteiger partial charge in [0, 0.05) is 13.1 Å². The molecular weight excluding hydrogens is 462 g/mol. The normalized spacial score (nSPS) is 17.1. The summed E-state index contributed by atoms with van der Waals surface area (Å²) in [6.45, 7) is 0.761. The SMILES string of the molecule is COc1ccc(NS(=O)(=O)c2ccc3c(c2)NC(=O)CO3)cc1S(=O)(=O)N1CCOCC1. The van der Waals surface area contributed by atoms with Crippen molar-refractivity contribution >= 4 is 37.3 Å². The molecule has 0 atom stereocenters. The fourth-order valence-electron chi connectivity index (χ4n) is 3.31. The minimum absolute atomic E-state index is 0.0376. The largest absolute Gasteiger partial charge is 0.495 e. The van der Waals surface area contributed by atoms with Crippen molar-refractivity contribution < 1.29 is 35.8 Å². The van der Waals surface area contributed by atoms with E-state index >= 15 is 0 Å². The summed E-state index contributed by atoms with van der Waals surface area (Å²) >= 11 is 0. The molecule has 0 aromatic heterocycles. The molecule has 32 heavy (non-hydrogen) atoms. The van der Waals surface area contributed by atoms with E-state index in [1.165, 1.54) is 47.8 Å². The molecule has 0 bridgehead atoms. The zero-order valence-electron chi connectivity index (χ0n) is 17.0. The predicted molar refractivity (Wildman–Crippen MR) is 114 cm³/mol. The van der Waals surface area contributed by atoms with E-state index < -0.39 is 26.0 Å². The minimum atomic E-state index is -4.10. The Hall–Kier alpha value is -2.87. The first-order valence-corrected chi connectivity index (χ1v) is 12.5. The van der Waals surface area contributed by atoms with Gasteiger partial charge in [0.05, 0.1) is 36.6 Å². The topological polar surface area (TPSA) is 140 Å². The Balaban J connectivity index is 1.65. The zero-order valence-corrected chi connectivity index (χ0v) is 18.7. The van der Waals surface area contributed by atoms with Crippen molar-refractivity contribution in [1.29, 1.82) is 0 Å². The maximum Gasteiger partial charge on any atom is 0.262 e. The molecule has 11 nitrogen and oxygen atoms in total. The van der Waals surface area contributed by atoms with Gasteiger partial charge in [-0.3, -0.25) is 9.52 Å². The third-order valence-corrected chi connectivity index (χ3v) is 8.20. The van der Waals surface area contributed by atoms with Crippen molar-refractivity contribution in [3.63, 3.8) is 0 Å². The fourth-order valence-corrected chi connectivity index (χ4v) is 5.98. The van der Waals surface area contributed by atoms with Crippen LogP contribution in [0.1, 0.15) is 0 Å². The minimum Gasteiger partial charge on any atom is -0.495 e. The molecule has 1 fully saturated rings. The first-order valence-electron chi connectivity index (χ1n) is 9.56. The van der Waals surface area contributed by atoms with E-state index in [4.69, 9.17) is 14.2 Å². The first-order chi connectivity index (χ1) is 15.2. The highest BCUT2D eigenvalue weighted by Gasteiger charge is 2.30. The van der Waals surface area contributed by atoms with Gasteiger partial charge in [-0.15, -0.1) is 0 Å². The lowest BCUT2D eigenvalue weighted by molar-refractivity contribution is -0.118. The monoisotopic (exact) mass is 483 g/mol. The molecule has 2 aliphatic heterocycles. The van der Waals surface area contributed by atoms with Crippen LogP contribution in [0.4, 0.5) is 11.4 Å². The van der Waals surface area contributed by atoms with Crippen LogP contribution in [0.2, 0.25) is 0 Å². The van der Waals surface area contributed by atoms with Crippen molar-refractivity contribution in [2.24, 2.45) is 0 Å². The number of benzene rings is 2. The van der Waals surface area contributed by atoms with Crippen LogP contribution in [0.5, 0.6) is 11.5 Å². The van der Waals surface area contributed by atoms with E-state index in [2.05, 4.69) is 10.0 Å². The summed E-state index contributed by atoms with van der Waals surface area (Å²) < 4.78 is 71.3. The van der Waals surface area contributed by atoms with Gasteiger partial charge in [0.25, 0.3) is 15.9 Å². The lowest BCUT2D eigenvalue weighted by Gasteiger charge is -2.27. The smallest absolute Gasteiger partial charge is 0.262 e. The van der Waals surface area contributed by atoms with Gasteiger partial charge in [0.1, 0.15) is 16.4 Å². The van der Waals surface area contributed by atoms with Gasteiger partial charge >= 0.3 is 0 Å². The number of morpholine rings is 1. The van der Waals surface area contributed by atoms with Crippen molar-refractivity contribution in [2.75, 3.05) is 50.1 Å². The lowest BCUT2D eigenvalue weighted by Crippen LogP contribution is -2.40. The number of nitrogens with zero attached hydrogens (tertiary/aromatic N) is 1.